The van der Waals surface area contributed by atoms with E-state index in [9.17, 15) is 4.79 Å². The number of hydrogen-bond donors (Lipinski definition) is 1. The van der Waals surface area contributed by atoms with Gasteiger partial charge < -0.3 is 14.7 Å². The Labute approximate surface area is 131 Å². The van der Waals surface area contributed by atoms with E-state index in [1.807, 2.05) is 17.9 Å². The van der Waals surface area contributed by atoms with Crippen LogP contribution in [0.5, 0.6) is 0 Å². The molecular formula is C16H26N4O2. The molecule has 1 saturated carbocycles. The van der Waals surface area contributed by atoms with Crippen molar-refractivity contribution in [2.24, 2.45) is 0 Å². The molecule has 1 saturated heterocycles. The summed E-state index contributed by atoms with van der Waals surface area (Å²) in [6, 6.07) is 2.47. The van der Waals surface area contributed by atoms with Crippen molar-refractivity contribution in [2.75, 3.05) is 26.2 Å². The van der Waals surface area contributed by atoms with Crippen LogP contribution >= 0.6 is 0 Å². The molecule has 0 bridgehead atoms. The van der Waals surface area contributed by atoms with Gasteiger partial charge in [0, 0.05) is 38.3 Å². The molecule has 1 aromatic heterocycles. The van der Waals surface area contributed by atoms with E-state index in [2.05, 4.69) is 15.4 Å². The first-order chi connectivity index (χ1) is 10.7. The Morgan fingerprint density at radius 2 is 2.00 bits per heavy atom. The summed E-state index contributed by atoms with van der Waals surface area (Å²) < 4.78 is 5.26. The minimum absolute atomic E-state index is 0.113. The average Bonchev–Trinajstić information content (AvgIpc) is 2.94. The summed E-state index contributed by atoms with van der Waals surface area (Å²) in [5.74, 6) is 0.901. The maximum Gasteiger partial charge on any atom is 0.317 e. The van der Waals surface area contributed by atoms with Gasteiger partial charge in [-0.2, -0.15) is 0 Å². The average molecular weight is 306 g/mol. The number of amides is 2. The quantitative estimate of drug-likeness (QED) is 0.929. The minimum atomic E-state index is 0.113. The molecule has 0 spiro atoms. The molecule has 6 heteroatoms. The van der Waals surface area contributed by atoms with Crippen molar-refractivity contribution in [1.82, 2.24) is 20.3 Å². The molecule has 1 aromatic rings. The van der Waals surface area contributed by atoms with E-state index in [0.29, 0.717) is 6.04 Å². The summed E-state index contributed by atoms with van der Waals surface area (Å²) in [6.45, 7) is 6.05. The van der Waals surface area contributed by atoms with Crippen LogP contribution in [0.1, 0.15) is 43.6 Å². The number of rotatable bonds is 3. The second kappa shape index (κ2) is 7.13. The molecule has 2 amide bonds. The van der Waals surface area contributed by atoms with Gasteiger partial charge in [-0.05, 0) is 19.8 Å². The van der Waals surface area contributed by atoms with Crippen LogP contribution in [0.2, 0.25) is 0 Å². The zero-order valence-electron chi connectivity index (χ0n) is 13.4. The molecule has 0 atom stereocenters. The number of nitrogens with one attached hydrogen (secondary N) is 1. The fraction of sp³-hybridized carbons (Fsp3) is 0.750. The topological polar surface area (TPSA) is 61.6 Å². The van der Waals surface area contributed by atoms with Crippen molar-refractivity contribution in [1.29, 1.82) is 0 Å². The molecule has 6 nitrogen and oxygen atoms in total. The first-order valence-corrected chi connectivity index (χ1v) is 8.41. The number of aromatic nitrogens is 1. The van der Waals surface area contributed by atoms with Crippen LogP contribution in [0.25, 0.3) is 0 Å². The third-order valence-corrected chi connectivity index (χ3v) is 4.65. The molecule has 1 aliphatic carbocycles. The van der Waals surface area contributed by atoms with Crippen molar-refractivity contribution in [3.05, 3.63) is 17.5 Å². The molecule has 2 aliphatic rings. The molecule has 0 aromatic carbocycles. The molecule has 2 fully saturated rings. The fourth-order valence-corrected chi connectivity index (χ4v) is 3.33. The number of aryl methyl sites for hydroxylation is 1. The van der Waals surface area contributed by atoms with E-state index >= 15 is 0 Å². The summed E-state index contributed by atoms with van der Waals surface area (Å²) in [5.41, 5.74) is 0.917. The first kappa shape index (κ1) is 15.3. The van der Waals surface area contributed by atoms with Crippen LogP contribution in [-0.4, -0.2) is 53.2 Å². The first-order valence-electron chi connectivity index (χ1n) is 8.41. The Morgan fingerprint density at radius 3 is 2.64 bits per heavy atom. The summed E-state index contributed by atoms with van der Waals surface area (Å²) in [4.78, 5) is 16.6. The van der Waals surface area contributed by atoms with Gasteiger partial charge in [-0.3, -0.25) is 4.90 Å². The predicted octanol–water partition coefficient (Wildman–Crippen LogP) is 2.14. The Bertz CT molecular complexity index is 488. The summed E-state index contributed by atoms with van der Waals surface area (Å²) in [5, 5.41) is 7.11. The molecule has 1 N–H and O–H groups in total. The van der Waals surface area contributed by atoms with E-state index in [1.165, 1.54) is 19.3 Å². The SMILES string of the molecule is Cc1cc(CN2CCN(C(=O)NC3CCCCC3)CC2)on1. The molecule has 0 radical (unpaired) electrons. The van der Waals surface area contributed by atoms with Gasteiger partial charge in [0.05, 0.1) is 12.2 Å². The van der Waals surface area contributed by atoms with Crippen molar-refractivity contribution in [3.63, 3.8) is 0 Å². The van der Waals surface area contributed by atoms with Gasteiger partial charge in [-0.25, -0.2) is 4.79 Å². The fourth-order valence-electron chi connectivity index (χ4n) is 3.33. The van der Waals surface area contributed by atoms with Crippen molar-refractivity contribution in [3.8, 4) is 0 Å². The number of urea groups is 1. The van der Waals surface area contributed by atoms with Crippen molar-refractivity contribution < 1.29 is 9.32 Å². The van der Waals surface area contributed by atoms with Crippen LogP contribution in [-0.2, 0) is 6.54 Å². The largest absolute Gasteiger partial charge is 0.360 e. The second-order valence-corrected chi connectivity index (χ2v) is 6.48. The summed E-state index contributed by atoms with van der Waals surface area (Å²) >= 11 is 0. The number of carbonyl (C=O) groups is 1. The van der Waals surface area contributed by atoms with E-state index in [4.69, 9.17) is 4.52 Å². The van der Waals surface area contributed by atoms with E-state index < -0.39 is 0 Å². The van der Waals surface area contributed by atoms with Crippen LogP contribution in [0.3, 0.4) is 0 Å². The lowest BCUT2D eigenvalue weighted by Crippen LogP contribution is -2.53. The highest BCUT2D eigenvalue weighted by Gasteiger charge is 2.24. The molecule has 122 valence electrons. The molecule has 0 unspecified atom stereocenters. The van der Waals surface area contributed by atoms with Gasteiger partial charge in [0.1, 0.15) is 0 Å². The molecule has 22 heavy (non-hydrogen) atoms. The zero-order valence-corrected chi connectivity index (χ0v) is 13.4. The standard InChI is InChI=1S/C16H26N4O2/c1-13-11-15(22-18-13)12-19-7-9-20(10-8-19)16(21)17-14-5-3-2-4-6-14/h11,14H,2-10,12H2,1H3,(H,17,21). The highest BCUT2D eigenvalue weighted by Crippen LogP contribution is 2.18. The molecule has 3 rings (SSSR count). The molecular weight excluding hydrogens is 280 g/mol. The van der Waals surface area contributed by atoms with E-state index in [-0.39, 0.29) is 6.03 Å². The summed E-state index contributed by atoms with van der Waals surface area (Å²) in [7, 11) is 0. The highest BCUT2D eigenvalue weighted by molar-refractivity contribution is 5.74. The van der Waals surface area contributed by atoms with Gasteiger partial charge in [-0.15, -0.1) is 0 Å². The normalized spacial score (nSPS) is 21.0. The number of piperazine rings is 1. The third kappa shape index (κ3) is 4.00. The van der Waals surface area contributed by atoms with Gasteiger partial charge in [-0.1, -0.05) is 24.4 Å². The molecule has 1 aliphatic heterocycles. The lowest BCUT2D eigenvalue weighted by atomic mass is 9.96. The minimum Gasteiger partial charge on any atom is -0.360 e. The van der Waals surface area contributed by atoms with Crippen LogP contribution in [0.4, 0.5) is 4.79 Å². The Kier molecular flexibility index (Phi) is 4.97. The predicted molar refractivity (Wildman–Crippen MR) is 83.5 cm³/mol. The number of hydrogen-bond acceptors (Lipinski definition) is 4. The Balaban J connectivity index is 1.41. The second-order valence-electron chi connectivity index (χ2n) is 6.48. The van der Waals surface area contributed by atoms with Crippen molar-refractivity contribution in [2.45, 2.75) is 51.6 Å². The van der Waals surface area contributed by atoms with Gasteiger partial charge >= 0.3 is 6.03 Å². The lowest BCUT2D eigenvalue weighted by Gasteiger charge is -2.35. The third-order valence-electron chi connectivity index (χ3n) is 4.65. The van der Waals surface area contributed by atoms with Gasteiger partial charge in [0.25, 0.3) is 0 Å². The number of nitrogens with zero attached hydrogens (tertiary/aromatic N) is 3. The van der Waals surface area contributed by atoms with Crippen LogP contribution in [0, 0.1) is 6.92 Å². The maximum absolute atomic E-state index is 12.3. The van der Waals surface area contributed by atoms with Gasteiger partial charge in [0.2, 0.25) is 0 Å². The Hall–Kier alpha value is -1.56. The lowest BCUT2D eigenvalue weighted by molar-refractivity contribution is 0.125. The highest BCUT2D eigenvalue weighted by atomic mass is 16.5. The zero-order chi connectivity index (χ0) is 15.4. The Morgan fingerprint density at radius 1 is 1.27 bits per heavy atom. The van der Waals surface area contributed by atoms with Gasteiger partial charge in [0.15, 0.2) is 5.76 Å². The molecule has 2 heterocycles. The van der Waals surface area contributed by atoms with Crippen molar-refractivity contribution >= 4 is 6.03 Å². The summed E-state index contributed by atoms with van der Waals surface area (Å²) in [6.07, 6.45) is 6.07. The maximum atomic E-state index is 12.3. The smallest absolute Gasteiger partial charge is 0.317 e. The van der Waals surface area contributed by atoms with Crippen LogP contribution < -0.4 is 5.32 Å². The van der Waals surface area contributed by atoms with Crippen LogP contribution in [0.15, 0.2) is 10.6 Å². The number of carbonyl (C=O) groups excluding carboxylic acids is 1. The van der Waals surface area contributed by atoms with E-state index in [1.54, 1.807) is 0 Å². The monoisotopic (exact) mass is 306 g/mol. The van der Waals surface area contributed by atoms with E-state index in [0.717, 1.165) is 57.0 Å².